The standard InChI is InChI=1S/C21H26N2O/c22-17-8-10-18(11-9-17)23-21-13-20(21)15-6-4-14(5-7-15)16-2-1-3-19(24)12-16/h1-7,12,17-18,20-21,23-24H,8-11,13,22H2/t17?,18?,20-,21+/m0/s1. The van der Waals surface area contributed by atoms with E-state index in [9.17, 15) is 5.11 Å². The van der Waals surface area contributed by atoms with E-state index in [1.165, 1.54) is 24.8 Å². The second-order valence-electron chi connectivity index (χ2n) is 7.40. The lowest BCUT2D eigenvalue weighted by Crippen LogP contribution is -2.38. The van der Waals surface area contributed by atoms with E-state index in [1.807, 2.05) is 18.2 Å². The smallest absolute Gasteiger partial charge is 0.116 e. The van der Waals surface area contributed by atoms with Crippen molar-refractivity contribution in [2.75, 3.05) is 0 Å². The van der Waals surface area contributed by atoms with Crippen LogP contribution < -0.4 is 11.1 Å². The van der Waals surface area contributed by atoms with Crippen LogP contribution in [0.4, 0.5) is 0 Å². The second kappa shape index (κ2) is 6.58. The molecule has 0 amide bonds. The minimum absolute atomic E-state index is 0.315. The van der Waals surface area contributed by atoms with Crippen LogP contribution in [0, 0.1) is 0 Å². The first-order valence-electron chi connectivity index (χ1n) is 9.10. The molecule has 0 spiro atoms. The number of hydrogen-bond donors (Lipinski definition) is 3. The highest BCUT2D eigenvalue weighted by atomic mass is 16.3. The number of benzene rings is 2. The van der Waals surface area contributed by atoms with Crippen LogP contribution in [0.1, 0.15) is 43.6 Å². The van der Waals surface area contributed by atoms with Crippen LogP contribution in [-0.2, 0) is 0 Å². The van der Waals surface area contributed by atoms with Crippen molar-refractivity contribution in [1.29, 1.82) is 0 Å². The molecule has 2 aromatic carbocycles. The van der Waals surface area contributed by atoms with E-state index >= 15 is 0 Å². The molecule has 0 radical (unpaired) electrons. The Hall–Kier alpha value is -1.84. The van der Waals surface area contributed by atoms with Crippen LogP contribution in [0.25, 0.3) is 11.1 Å². The van der Waals surface area contributed by atoms with E-state index in [0.717, 1.165) is 24.0 Å². The van der Waals surface area contributed by atoms with Crippen molar-refractivity contribution in [3.05, 3.63) is 54.1 Å². The highest BCUT2D eigenvalue weighted by Gasteiger charge is 2.39. The monoisotopic (exact) mass is 322 g/mol. The summed E-state index contributed by atoms with van der Waals surface area (Å²) in [6.45, 7) is 0. The van der Waals surface area contributed by atoms with Gasteiger partial charge in [-0.15, -0.1) is 0 Å². The summed E-state index contributed by atoms with van der Waals surface area (Å²) in [5.74, 6) is 0.967. The predicted molar refractivity (Wildman–Crippen MR) is 98.1 cm³/mol. The molecule has 0 saturated heterocycles. The van der Waals surface area contributed by atoms with Crippen LogP contribution in [0.2, 0.25) is 0 Å². The Morgan fingerprint density at radius 3 is 2.38 bits per heavy atom. The van der Waals surface area contributed by atoms with Gasteiger partial charge in [0, 0.05) is 24.0 Å². The topological polar surface area (TPSA) is 58.3 Å². The van der Waals surface area contributed by atoms with Gasteiger partial charge in [-0.1, -0.05) is 36.4 Å². The Morgan fingerprint density at radius 2 is 1.67 bits per heavy atom. The summed E-state index contributed by atoms with van der Waals surface area (Å²) >= 11 is 0. The van der Waals surface area contributed by atoms with E-state index in [1.54, 1.807) is 6.07 Å². The molecule has 2 saturated carbocycles. The summed E-state index contributed by atoms with van der Waals surface area (Å²) in [6, 6.07) is 18.0. The Kier molecular flexibility index (Phi) is 4.30. The summed E-state index contributed by atoms with van der Waals surface area (Å²) in [5, 5.41) is 13.4. The molecule has 2 aromatic rings. The Labute approximate surface area is 143 Å². The lowest BCUT2D eigenvalue weighted by atomic mass is 9.92. The van der Waals surface area contributed by atoms with Crippen molar-refractivity contribution in [3.63, 3.8) is 0 Å². The minimum atomic E-state index is 0.315. The zero-order valence-electron chi connectivity index (χ0n) is 14.0. The quantitative estimate of drug-likeness (QED) is 0.803. The highest BCUT2D eigenvalue weighted by Crippen LogP contribution is 2.42. The molecular formula is C21H26N2O. The maximum Gasteiger partial charge on any atom is 0.116 e. The van der Waals surface area contributed by atoms with Gasteiger partial charge in [0.2, 0.25) is 0 Å². The van der Waals surface area contributed by atoms with Crippen molar-refractivity contribution >= 4 is 0 Å². The van der Waals surface area contributed by atoms with Gasteiger partial charge in [0.1, 0.15) is 5.75 Å². The molecule has 3 heteroatoms. The van der Waals surface area contributed by atoms with Crippen molar-refractivity contribution in [3.8, 4) is 16.9 Å². The lowest BCUT2D eigenvalue weighted by molar-refractivity contribution is 0.339. The van der Waals surface area contributed by atoms with Gasteiger partial charge >= 0.3 is 0 Å². The fourth-order valence-corrected chi connectivity index (χ4v) is 3.94. The lowest BCUT2D eigenvalue weighted by Gasteiger charge is -2.27. The molecule has 0 aromatic heterocycles. The third kappa shape index (κ3) is 3.47. The van der Waals surface area contributed by atoms with Gasteiger partial charge in [-0.3, -0.25) is 0 Å². The van der Waals surface area contributed by atoms with Gasteiger partial charge in [-0.2, -0.15) is 0 Å². The van der Waals surface area contributed by atoms with Gasteiger partial charge in [0.05, 0.1) is 0 Å². The number of rotatable bonds is 4. The van der Waals surface area contributed by atoms with Crippen LogP contribution in [-0.4, -0.2) is 23.2 Å². The average Bonchev–Trinajstić information content (AvgIpc) is 3.36. The fraction of sp³-hybridized carbons (Fsp3) is 0.429. The molecular weight excluding hydrogens is 296 g/mol. The first-order chi connectivity index (χ1) is 11.7. The van der Waals surface area contributed by atoms with Gasteiger partial charge < -0.3 is 16.2 Å². The molecule has 126 valence electrons. The SMILES string of the molecule is NC1CCC(N[C@@H]2C[C@H]2c2ccc(-c3cccc(O)c3)cc2)CC1. The molecule has 2 atom stereocenters. The number of phenolic OH excluding ortho intramolecular Hbond substituents is 1. The van der Waals surface area contributed by atoms with Gasteiger partial charge in [-0.25, -0.2) is 0 Å². The minimum Gasteiger partial charge on any atom is -0.508 e. The van der Waals surface area contributed by atoms with Gasteiger partial charge in [-0.05, 0) is 60.9 Å². The molecule has 24 heavy (non-hydrogen) atoms. The molecule has 0 heterocycles. The first kappa shape index (κ1) is 15.7. The summed E-state index contributed by atoms with van der Waals surface area (Å²) < 4.78 is 0. The van der Waals surface area contributed by atoms with E-state index in [2.05, 4.69) is 29.6 Å². The number of hydrogen-bond acceptors (Lipinski definition) is 3. The zero-order chi connectivity index (χ0) is 16.5. The van der Waals surface area contributed by atoms with Crippen LogP contribution in [0.15, 0.2) is 48.5 Å². The molecule has 0 aliphatic heterocycles. The van der Waals surface area contributed by atoms with Crippen molar-refractivity contribution < 1.29 is 5.11 Å². The average molecular weight is 322 g/mol. The van der Waals surface area contributed by atoms with Crippen molar-refractivity contribution in [2.24, 2.45) is 5.73 Å². The maximum absolute atomic E-state index is 9.62. The summed E-state index contributed by atoms with van der Waals surface area (Å²) in [4.78, 5) is 0. The summed E-state index contributed by atoms with van der Waals surface area (Å²) in [6.07, 6.45) is 6.01. The van der Waals surface area contributed by atoms with Gasteiger partial charge in [0.15, 0.2) is 0 Å². The number of phenols is 1. The number of nitrogens with two attached hydrogens (primary N) is 1. The van der Waals surface area contributed by atoms with E-state index in [4.69, 9.17) is 5.73 Å². The largest absolute Gasteiger partial charge is 0.508 e. The molecule has 2 aliphatic rings. The summed E-state index contributed by atoms with van der Waals surface area (Å²) in [5.41, 5.74) is 9.62. The number of nitrogens with one attached hydrogen (secondary N) is 1. The third-order valence-electron chi connectivity index (χ3n) is 5.53. The van der Waals surface area contributed by atoms with E-state index in [0.29, 0.717) is 29.8 Å². The zero-order valence-corrected chi connectivity index (χ0v) is 14.0. The van der Waals surface area contributed by atoms with E-state index < -0.39 is 0 Å². The number of aromatic hydroxyl groups is 1. The molecule has 4 N–H and O–H groups in total. The Morgan fingerprint density at radius 1 is 0.917 bits per heavy atom. The van der Waals surface area contributed by atoms with Gasteiger partial charge in [0.25, 0.3) is 0 Å². The molecule has 0 unspecified atom stereocenters. The normalized spacial score (nSPS) is 29.4. The molecule has 2 aliphatic carbocycles. The molecule has 3 nitrogen and oxygen atoms in total. The first-order valence-corrected chi connectivity index (χ1v) is 9.10. The summed E-state index contributed by atoms with van der Waals surface area (Å²) in [7, 11) is 0. The second-order valence-corrected chi connectivity index (χ2v) is 7.40. The molecule has 0 bridgehead atoms. The van der Waals surface area contributed by atoms with E-state index in [-0.39, 0.29) is 0 Å². The van der Waals surface area contributed by atoms with Crippen LogP contribution in [0.3, 0.4) is 0 Å². The van der Waals surface area contributed by atoms with Crippen LogP contribution >= 0.6 is 0 Å². The highest BCUT2D eigenvalue weighted by molar-refractivity contribution is 5.65. The fourth-order valence-electron chi connectivity index (χ4n) is 3.94. The Bertz CT molecular complexity index is 689. The predicted octanol–water partition coefficient (Wildman–Crippen LogP) is 3.77. The van der Waals surface area contributed by atoms with Crippen molar-refractivity contribution in [1.82, 2.24) is 5.32 Å². The Balaban J connectivity index is 1.36. The third-order valence-corrected chi connectivity index (χ3v) is 5.53. The molecule has 2 fully saturated rings. The van der Waals surface area contributed by atoms with Crippen LogP contribution in [0.5, 0.6) is 5.75 Å². The maximum atomic E-state index is 9.62. The van der Waals surface area contributed by atoms with Crippen molar-refractivity contribution in [2.45, 2.75) is 56.1 Å². The molecule has 4 rings (SSSR count).